The number of nitrogens with zero attached hydrogens (tertiary/aromatic N) is 3. The van der Waals surface area contributed by atoms with Crippen molar-refractivity contribution in [3.63, 3.8) is 0 Å². The maximum Gasteiger partial charge on any atom is 0.247 e. The summed E-state index contributed by atoms with van der Waals surface area (Å²) in [5.74, 6) is 1.32. The van der Waals surface area contributed by atoms with Crippen molar-refractivity contribution < 1.29 is 23.7 Å². The summed E-state index contributed by atoms with van der Waals surface area (Å²) in [6.07, 6.45) is 4.83. The molecule has 0 unspecified atom stereocenters. The number of methoxy groups -OCH3 is 1. The van der Waals surface area contributed by atoms with Gasteiger partial charge < -0.3 is 28.8 Å². The average Bonchev–Trinajstić information content (AvgIpc) is 3.29. The third-order valence-electron chi connectivity index (χ3n) is 6.40. The van der Waals surface area contributed by atoms with Gasteiger partial charge in [-0.05, 0) is 48.4 Å². The van der Waals surface area contributed by atoms with E-state index in [1.807, 2.05) is 35.9 Å². The van der Waals surface area contributed by atoms with Crippen LogP contribution in [-0.2, 0) is 21.0 Å². The lowest BCUT2D eigenvalue weighted by Gasteiger charge is -2.15. The highest BCUT2D eigenvalue weighted by atomic mass is 28.3. The van der Waals surface area contributed by atoms with E-state index in [9.17, 15) is 4.79 Å². The number of hydrogen-bond donors (Lipinski definition) is 1. The van der Waals surface area contributed by atoms with Gasteiger partial charge in [-0.15, -0.1) is 0 Å². The molecule has 0 aliphatic heterocycles. The van der Waals surface area contributed by atoms with E-state index in [-0.39, 0.29) is 5.91 Å². The number of amides is 1. The van der Waals surface area contributed by atoms with Crippen molar-refractivity contribution in [3.8, 4) is 28.5 Å². The van der Waals surface area contributed by atoms with Crippen molar-refractivity contribution >= 4 is 30.8 Å². The van der Waals surface area contributed by atoms with Crippen LogP contribution in [0.1, 0.15) is 5.56 Å². The maximum absolute atomic E-state index is 11.7. The zero-order valence-corrected chi connectivity index (χ0v) is 25.4. The molecule has 0 saturated carbocycles. The highest BCUT2D eigenvalue weighted by molar-refractivity contribution is 6.76. The molecule has 1 amide bonds. The number of carbonyl (C=O) groups excluding carboxylic acids is 1. The van der Waals surface area contributed by atoms with Gasteiger partial charge in [0.05, 0.1) is 12.8 Å². The van der Waals surface area contributed by atoms with E-state index in [4.69, 9.17) is 28.9 Å². The fraction of sp³-hybridized carbons (Fsp3) is 0.323. The van der Waals surface area contributed by atoms with Gasteiger partial charge >= 0.3 is 0 Å². The Bertz CT molecular complexity index is 1510. The highest BCUT2D eigenvalue weighted by Crippen LogP contribution is 2.36. The van der Waals surface area contributed by atoms with Crippen LogP contribution >= 0.6 is 0 Å². The van der Waals surface area contributed by atoms with Crippen LogP contribution in [0.3, 0.4) is 0 Å². The Balaban J connectivity index is 1.69. The molecule has 41 heavy (non-hydrogen) atoms. The number of nitrogens with one attached hydrogen (secondary N) is 1. The molecule has 0 fully saturated rings. The van der Waals surface area contributed by atoms with E-state index < -0.39 is 8.07 Å². The molecule has 4 rings (SSSR count). The van der Waals surface area contributed by atoms with Gasteiger partial charge in [0.25, 0.3) is 0 Å². The third-order valence-corrected chi connectivity index (χ3v) is 8.10. The second-order valence-corrected chi connectivity index (χ2v) is 16.5. The van der Waals surface area contributed by atoms with Gasteiger partial charge in [-0.1, -0.05) is 44.4 Å². The molecule has 1 N–H and O–H groups in total. The first-order chi connectivity index (χ1) is 19.7. The van der Waals surface area contributed by atoms with Crippen molar-refractivity contribution in [2.45, 2.75) is 39.3 Å². The van der Waals surface area contributed by atoms with Gasteiger partial charge in [-0.3, -0.25) is 4.79 Å². The number of fused-ring (bicyclic) bond motifs is 1. The van der Waals surface area contributed by atoms with Gasteiger partial charge in [0.2, 0.25) is 11.8 Å². The van der Waals surface area contributed by atoms with E-state index in [1.54, 1.807) is 37.6 Å². The average molecular weight is 575 g/mol. The Labute approximate surface area is 242 Å². The molecule has 2 heterocycles. The SMILES string of the molecule is C=CC(=O)Nc1cccc(Oc2cnc3c(n2)c(-c2cccc(OCCOC)c2C)cn3COCC[Si](C)(C)C)c1. The second kappa shape index (κ2) is 13.6. The Hall–Kier alpha value is -3.99. The molecular formula is C31H38N4O5Si. The minimum absolute atomic E-state index is 0.301. The zero-order chi connectivity index (χ0) is 29.4. The van der Waals surface area contributed by atoms with Crippen molar-refractivity contribution in [1.82, 2.24) is 14.5 Å². The highest BCUT2D eigenvalue weighted by Gasteiger charge is 2.19. The Morgan fingerprint density at radius 1 is 1.10 bits per heavy atom. The van der Waals surface area contributed by atoms with E-state index in [0.717, 1.165) is 28.5 Å². The van der Waals surface area contributed by atoms with Crippen molar-refractivity contribution in [2.24, 2.45) is 0 Å². The van der Waals surface area contributed by atoms with Gasteiger partial charge in [0, 0.05) is 45.3 Å². The van der Waals surface area contributed by atoms with Gasteiger partial charge in [-0.2, -0.15) is 0 Å². The molecule has 0 bridgehead atoms. The van der Waals surface area contributed by atoms with Crippen LogP contribution in [0.25, 0.3) is 22.3 Å². The molecule has 10 heteroatoms. The fourth-order valence-corrected chi connectivity index (χ4v) is 4.93. The van der Waals surface area contributed by atoms with E-state index in [0.29, 0.717) is 55.0 Å². The number of benzene rings is 2. The summed E-state index contributed by atoms with van der Waals surface area (Å²) in [5.41, 5.74) is 4.83. The number of anilines is 1. The Morgan fingerprint density at radius 3 is 2.66 bits per heavy atom. The van der Waals surface area contributed by atoms with Gasteiger partial charge in [0.1, 0.15) is 30.4 Å². The first kappa shape index (κ1) is 30.0. The predicted molar refractivity (Wildman–Crippen MR) is 165 cm³/mol. The van der Waals surface area contributed by atoms with Crippen LogP contribution in [0.5, 0.6) is 17.4 Å². The molecule has 4 aromatic rings. The molecular weight excluding hydrogens is 536 g/mol. The molecule has 9 nitrogen and oxygen atoms in total. The lowest BCUT2D eigenvalue weighted by Crippen LogP contribution is -2.22. The fourth-order valence-electron chi connectivity index (χ4n) is 4.17. The van der Waals surface area contributed by atoms with E-state index in [2.05, 4.69) is 31.5 Å². The number of rotatable bonds is 14. The van der Waals surface area contributed by atoms with Crippen molar-refractivity contribution in [1.29, 1.82) is 0 Å². The van der Waals surface area contributed by atoms with Crippen molar-refractivity contribution in [3.05, 3.63) is 73.1 Å². The first-order valence-electron chi connectivity index (χ1n) is 13.5. The van der Waals surface area contributed by atoms with Crippen LogP contribution in [0.15, 0.2) is 67.5 Å². The number of aromatic nitrogens is 3. The summed E-state index contributed by atoms with van der Waals surface area (Å²) in [6, 6.07) is 14.1. The molecule has 0 saturated heterocycles. The summed E-state index contributed by atoms with van der Waals surface area (Å²) in [6.45, 7) is 14.5. The molecule has 0 radical (unpaired) electrons. The monoisotopic (exact) mass is 574 g/mol. The minimum Gasteiger partial charge on any atom is -0.491 e. The van der Waals surface area contributed by atoms with E-state index in [1.165, 1.54) is 6.08 Å². The Kier molecular flexibility index (Phi) is 9.93. The smallest absolute Gasteiger partial charge is 0.247 e. The van der Waals surface area contributed by atoms with Crippen LogP contribution in [0.2, 0.25) is 25.7 Å². The Morgan fingerprint density at radius 2 is 1.90 bits per heavy atom. The minimum atomic E-state index is -1.21. The largest absolute Gasteiger partial charge is 0.491 e. The lowest BCUT2D eigenvalue weighted by molar-refractivity contribution is -0.111. The third kappa shape index (κ3) is 8.03. The molecule has 0 spiro atoms. The predicted octanol–water partition coefficient (Wildman–Crippen LogP) is 6.66. The van der Waals surface area contributed by atoms with E-state index >= 15 is 0 Å². The molecule has 2 aromatic carbocycles. The summed E-state index contributed by atoms with van der Waals surface area (Å²) < 4.78 is 25.2. The van der Waals surface area contributed by atoms with Crippen LogP contribution < -0.4 is 14.8 Å². The van der Waals surface area contributed by atoms with Gasteiger partial charge in [0.15, 0.2) is 5.65 Å². The lowest BCUT2D eigenvalue weighted by atomic mass is 10.0. The molecule has 0 aliphatic carbocycles. The zero-order valence-electron chi connectivity index (χ0n) is 24.4. The summed E-state index contributed by atoms with van der Waals surface area (Å²) >= 11 is 0. The summed E-state index contributed by atoms with van der Waals surface area (Å²) in [7, 11) is 0.438. The molecule has 2 aromatic heterocycles. The molecule has 216 valence electrons. The number of hydrogen-bond acceptors (Lipinski definition) is 7. The number of carbonyl (C=O) groups is 1. The van der Waals surface area contributed by atoms with Crippen molar-refractivity contribution in [2.75, 3.05) is 32.2 Å². The molecule has 0 atom stereocenters. The first-order valence-corrected chi connectivity index (χ1v) is 17.3. The normalized spacial score (nSPS) is 11.4. The van der Waals surface area contributed by atoms with Crippen LogP contribution in [-0.4, -0.2) is 55.4 Å². The maximum atomic E-state index is 11.7. The molecule has 0 aliphatic rings. The quantitative estimate of drug-likeness (QED) is 0.102. The van der Waals surface area contributed by atoms with Crippen LogP contribution in [0.4, 0.5) is 5.69 Å². The van der Waals surface area contributed by atoms with Crippen LogP contribution in [0, 0.1) is 6.92 Å². The summed E-state index contributed by atoms with van der Waals surface area (Å²) in [4.78, 5) is 21.3. The topological polar surface area (TPSA) is 96.7 Å². The number of ether oxygens (including phenoxy) is 4. The van der Waals surface area contributed by atoms with Gasteiger partial charge in [-0.25, -0.2) is 9.97 Å². The second-order valence-electron chi connectivity index (χ2n) is 10.8. The standard InChI is InChI=1S/C31H38N4O5Si/c1-7-28(36)33-23-10-8-11-24(18-23)40-29-19-32-31-30(34-29)26(20-35(31)21-38-16-17-41(4,5)6)25-12-9-13-27(22(25)2)39-15-14-37-3/h7-13,18-20H,1,14-17,21H2,2-6H3,(H,33,36). The summed E-state index contributed by atoms with van der Waals surface area (Å²) in [5, 5.41) is 2.74.